The van der Waals surface area contributed by atoms with Crippen LogP contribution in [0.3, 0.4) is 0 Å². The lowest BCUT2D eigenvalue weighted by atomic mass is 10.1. The minimum atomic E-state index is -3.82. The molecule has 9 nitrogen and oxygen atoms in total. The molecule has 1 atom stereocenters. The lowest BCUT2D eigenvalue weighted by Crippen LogP contribution is -2.50. The van der Waals surface area contributed by atoms with Crippen molar-refractivity contribution in [2.75, 3.05) is 31.3 Å². The highest BCUT2D eigenvalue weighted by Gasteiger charge is 2.29. The number of benzene rings is 3. The van der Waals surface area contributed by atoms with Gasteiger partial charge in [-0.15, -0.1) is 0 Å². The first-order valence-electron chi connectivity index (χ1n) is 12.0. The number of hydrogen-bond acceptors (Lipinski definition) is 6. The van der Waals surface area contributed by atoms with Gasteiger partial charge in [-0.1, -0.05) is 42.5 Å². The van der Waals surface area contributed by atoms with Crippen LogP contribution in [0.4, 0.5) is 5.69 Å². The van der Waals surface area contributed by atoms with E-state index in [1.807, 2.05) is 30.3 Å². The highest BCUT2D eigenvalue weighted by molar-refractivity contribution is 7.92. The molecule has 0 aliphatic rings. The van der Waals surface area contributed by atoms with Crippen molar-refractivity contribution >= 4 is 27.5 Å². The molecule has 3 aromatic carbocycles. The molecule has 3 aromatic rings. The summed E-state index contributed by atoms with van der Waals surface area (Å²) in [5.41, 5.74) is 2.08. The number of rotatable bonds is 12. The van der Waals surface area contributed by atoms with Gasteiger partial charge in [-0.25, -0.2) is 8.42 Å². The molecule has 0 saturated carbocycles. The molecule has 0 heterocycles. The van der Waals surface area contributed by atoms with Gasteiger partial charge in [-0.05, 0) is 54.4 Å². The quantitative estimate of drug-likeness (QED) is 0.379. The number of ether oxygens (including phenoxy) is 2. The Labute approximate surface area is 224 Å². The number of carbonyl (C=O) groups excluding carboxylic acids is 2. The summed E-state index contributed by atoms with van der Waals surface area (Å²) in [7, 11) is -0.779. The molecular weight excluding hydrogens is 506 g/mol. The monoisotopic (exact) mass is 539 g/mol. The highest BCUT2D eigenvalue weighted by atomic mass is 32.2. The molecule has 0 saturated heterocycles. The molecule has 10 heteroatoms. The molecule has 38 heavy (non-hydrogen) atoms. The molecule has 0 aromatic heterocycles. The Morgan fingerprint density at radius 3 is 2.05 bits per heavy atom. The number of nitrogens with one attached hydrogen (secondary N) is 1. The normalized spacial score (nSPS) is 11.8. The number of methoxy groups -OCH3 is 1. The second-order valence-corrected chi connectivity index (χ2v) is 10.6. The molecule has 3 rings (SSSR count). The Morgan fingerprint density at radius 2 is 1.50 bits per heavy atom. The smallest absolute Gasteiger partial charge is 0.244 e. The predicted octanol–water partition coefficient (Wildman–Crippen LogP) is 3.20. The number of anilines is 1. The number of nitrogens with zero attached hydrogens (tertiary/aromatic N) is 2. The summed E-state index contributed by atoms with van der Waals surface area (Å²) in [6.45, 7) is 1.61. The van der Waals surface area contributed by atoms with Crippen LogP contribution in [0.2, 0.25) is 0 Å². The summed E-state index contributed by atoms with van der Waals surface area (Å²) in [6.07, 6.45) is 1.04. The molecular formula is C28H33N3O6S. The van der Waals surface area contributed by atoms with Crippen molar-refractivity contribution in [1.82, 2.24) is 10.2 Å². The Hall–Kier alpha value is -4.05. The van der Waals surface area contributed by atoms with E-state index in [0.717, 1.165) is 21.7 Å². The van der Waals surface area contributed by atoms with E-state index in [9.17, 15) is 18.0 Å². The van der Waals surface area contributed by atoms with Crippen LogP contribution in [0.1, 0.15) is 18.1 Å². The van der Waals surface area contributed by atoms with E-state index in [1.54, 1.807) is 62.6 Å². The number of hydrogen-bond donors (Lipinski definition) is 1. The minimum Gasteiger partial charge on any atom is -0.497 e. The van der Waals surface area contributed by atoms with Gasteiger partial charge in [0.25, 0.3) is 0 Å². The molecule has 0 aliphatic heterocycles. The van der Waals surface area contributed by atoms with Crippen molar-refractivity contribution in [3.8, 4) is 11.5 Å². The van der Waals surface area contributed by atoms with E-state index < -0.39 is 28.5 Å². The zero-order valence-corrected chi connectivity index (χ0v) is 22.8. The minimum absolute atomic E-state index is 0.112. The summed E-state index contributed by atoms with van der Waals surface area (Å²) in [5, 5.41) is 2.55. The first-order valence-corrected chi connectivity index (χ1v) is 13.9. The van der Waals surface area contributed by atoms with Crippen molar-refractivity contribution in [1.29, 1.82) is 0 Å². The maximum atomic E-state index is 13.5. The SMILES string of the molecule is CNC(=O)[C@H](C)N(Cc1ccc(OC)cc1)C(=O)CN(c1ccc(OCc2ccccc2)cc1)S(C)(=O)=O. The van der Waals surface area contributed by atoms with Crippen molar-refractivity contribution in [2.45, 2.75) is 26.1 Å². The van der Waals surface area contributed by atoms with Gasteiger partial charge in [-0.2, -0.15) is 0 Å². The van der Waals surface area contributed by atoms with Gasteiger partial charge in [0.2, 0.25) is 21.8 Å². The average molecular weight is 540 g/mol. The Balaban J connectivity index is 1.80. The van der Waals surface area contributed by atoms with E-state index in [1.165, 1.54) is 11.9 Å². The van der Waals surface area contributed by atoms with Gasteiger partial charge >= 0.3 is 0 Å². The molecule has 0 radical (unpaired) electrons. The van der Waals surface area contributed by atoms with Crippen molar-refractivity contribution in [2.24, 2.45) is 0 Å². The lowest BCUT2D eigenvalue weighted by molar-refractivity contribution is -0.139. The fraction of sp³-hybridized carbons (Fsp3) is 0.286. The largest absolute Gasteiger partial charge is 0.497 e. The molecule has 0 spiro atoms. The summed E-state index contributed by atoms with van der Waals surface area (Å²) in [5.74, 6) is 0.335. The van der Waals surface area contributed by atoms with Crippen LogP contribution in [0.15, 0.2) is 78.9 Å². The van der Waals surface area contributed by atoms with Gasteiger partial charge in [0.1, 0.15) is 30.7 Å². The fourth-order valence-electron chi connectivity index (χ4n) is 3.78. The molecule has 0 aliphatic carbocycles. The fourth-order valence-corrected chi connectivity index (χ4v) is 4.63. The van der Waals surface area contributed by atoms with E-state index in [-0.39, 0.29) is 12.5 Å². The van der Waals surface area contributed by atoms with Crippen LogP contribution >= 0.6 is 0 Å². The molecule has 0 unspecified atom stereocenters. The van der Waals surface area contributed by atoms with Gasteiger partial charge in [0.15, 0.2) is 0 Å². The van der Waals surface area contributed by atoms with E-state index >= 15 is 0 Å². The number of carbonyl (C=O) groups is 2. The molecule has 1 N–H and O–H groups in total. The van der Waals surface area contributed by atoms with E-state index in [4.69, 9.17) is 9.47 Å². The van der Waals surface area contributed by atoms with E-state index in [2.05, 4.69) is 5.32 Å². The van der Waals surface area contributed by atoms with Crippen molar-refractivity contribution < 1.29 is 27.5 Å². The zero-order chi connectivity index (χ0) is 27.7. The summed E-state index contributed by atoms with van der Waals surface area (Å²) < 4.78 is 37.4. The first kappa shape index (κ1) is 28.5. The Morgan fingerprint density at radius 1 is 0.895 bits per heavy atom. The zero-order valence-electron chi connectivity index (χ0n) is 22.0. The maximum Gasteiger partial charge on any atom is 0.244 e. The summed E-state index contributed by atoms with van der Waals surface area (Å²) in [4.78, 5) is 27.3. The lowest BCUT2D eigenvalue weighted by Gasteiger charge is -2.31. The van der Waals surface area contributed by atoms with Gasteiger partial charge < -0.3 is 19.7 Å². The average Bonchev–Trinajstić information content (AvgIpc) is 2.93. The molecule has 2 amide bonds. The van der Waals surface area contributed by atoms with E-state index in [0.29, 0.717) is 23.8 Å². The van der Waals surface area contributed by atoms with Gasteiger partial charge in [0, 0.05) is 13.6 Å². The molecule has 202 valence electrons. The number of amides is 2. The van der Waals surface area contributed by atoms with Crippen LogP contribution in [-0.2, 0) is 32.8 Å². The number of likely N-dealkylation sites (N-methyl/N-ethyl adjacent to an activating group) is 1. The van der Waals surface area contributed by atoms with Crippen molar-refractivity contribution in [3.05, 3.63) is 90.0 Å². The third-order valence-electron chi connectivity index (χ3n) is 5.98. The molecule has 0 bridgehead atoms. The van der Waals surface area contributed by atoms with Crippen LogP contribution in [0, 0.1) is 0 Å². The third-order valence-corrected chi connectivity index (χ3v) is 7.12. The van der Waals surface area contributed by atoms with Crippen LogP contribution in [0.5, 0.6) is 11.5 Å². The van der Waals surface area contributed by atoms with Gasteiger partial charge in [0.05, 0.1) is 19.1 Å². The standard InChI is InChI=1S/C28H33N3O6S/c1-21(28(33)29-2)30(18-22-10-14-25(36-3)15-11-22)27(32)19-31(38(4,34)35)24-12-16-26(17-13-24)37-20-23-8-6-5-7-9-23/h5-17,21H,18-20H2,1-4H3,(H,29,33)/t21-/m0/s1. The summed E-state index contributed by atoms with van der Waals surface area (Å²) in [6, 6.07) is 22.4. The van der Waals surface area contributed by atoms with Crippen molar-refractivity contribution in [3.63, 3.8) is 0 Å². The first-order chi connectivity index (χ1) is 18.1. The predicted molar refractivity (Wildman–Crippen MR) is 146 cm³/mol. The van der Waals surface area contributed by atoms with Crippen LogP contribution < -0.4 is 19.1 Å². The van der Waals surface area contributed by atoms with Crippen LogP contribution in [0.25, 0.3) is 0 Å². The number of sulfonamides is 1. The summed E-state index contributed by atoms with van der Waals surface area (Å²) >= 11 is 0. The van der Waals surface area contributed by atoms with Gasteiger partial charge in [-0.3, -0.25) is 13.9 Å². The third kappa shape index (κ3) is 7.72. The van der Waals surface area contributed by atoms with Crippen LogP contribution in [-0.4, -0.2) is 58.1 Å². The highest BCUT2D eigenvalue weighted by Crippen LogP contribution is 2.23. The second-order valence-electron chi connectivity index (χ2n) is 8.70. The second kappa shape index (κ2) is 13.0. The topological polar surface area (TPSA) is 105 Å². The molecule has 0 fully saturated rings. The Bertz CT molecular complexity index is 1310. The maximum absolute atomic E-state index is 13.5. The Kier molecular flexibility index (Phi) is 9.72.